The number of rotatable bonds is 1. The van der Waals surface area contributed by atoms with Crippen LogP contribution in [0.1, 0.15) is 24.0 Å². The quantitative estimate of drug-likeness (QED) is 0.817. The van der Waals surface area contributed by atoms with Crippen molar-refractivity contribution in [1.82, 2.24) is 15.5 Å². The van der Waals surface area contributed by atoms with Crippen molar-refractivity contribution in [3.63, 3.8) is 0 Å². The maximum atomic E-state index is 5.61. The van der Waals surface area contributed by atoms with E-state index in [-0.39, 0.29) is 0 Å². The lowest BCUT2D eigenvalue weighted by Crippen LogP contribution is -2.28. The van der Waals surface area contributed by atoms with E-state index in [1.54, 1.807) is 7.11 Å². The predicted molar refractivity (Wildman–Crippen MR) is 83.1 cm³/mol. The Hall–Kier alpha value is -1.10. The van der Waals surface area contributed by atoms with E-state index in [1.165, 1.54) is 24.0 Å². The van der Waals surface area contributed by atoms with Gasteiger partial charge in [0.1, 0.15) is 5.75 Å². The summed E-state index contributed by atoms with van der Waals surface area (Å²) >= 11 is 0. The van der Waals surface area contributed by atoms with Crippen molar-refractivity contribution in [2.75, 3.05) is 40.3 Å². The van der Waals surface area contributed by atoms with Crippen LogP contribution in [0.15, 0.2) is 18.2 Å². The summed E-state index contributed by atoms with van der Waals surface area (Å²) in [6.45, 7) is 6.17. The summed E-state index contributed by atoms with van der Waals surface area (Å²) in [6.07, 6.45) is 2.37. The normalized spacial score (nSPS) is 19.3. The van der Waals surface area contributed by atoms with E-state index in [9.17, 15) is 0 Å². The number of benzene rings is 1. The monoisotopic (exact) mass is 277 g/mol. The number of nitrogens with zero attached hydrogens (tertiary/aromatic N) is 1. The summed E-state index contributed by atoms with van der Waals surface area (Å²) in [4.78, 5) is 2.41. The van der Waals surface area contributed by atoms with Crippen molar-refractivity contribution in [3.05, 3.63) is 29.3 Å². The zero-order valence-corrected chi connectivity index (χ0v) is 12.7. The second-order valence-corrected chi connectivity index (χ2v) is 5.47. The van der Waals surface area contributed by atoms with Gasteiger partial charge in [0.15, 0.2) is 0 Å². The topological polar surface area (TPSA) is 36.5 Å². The molecule has 0 spiro atoms. The molecular formula is C16H27N3O. The maximum Gasteiger partial charge on any atom is 0.127 e. The average Bonchev–Trinajstić information content (AvgIpc) is 2.46. The lowest BCUT2D eigenvalue weighted by atomic mass is 10.1. The maximum absolute atomic E-state index is 5.61. The molecule has 112 valence electrons. The molecule has 1 aromatic rings. The molecule has 1 aliphatic rings. The van der Waals surface area contributed by atoms with E-state index in [0.29, 0.717) is 0 Å². The number of fused-ring (bicyclic) bond motifs is 2. The van der Waals surface area contributed by atoms with Crippen molar-refractivity contribution in [3.8, 4) is 5.75 Å². The number of para-hydroxylation sites is 1. The molecule has 0 saturated carbocycles. The van der Waals surface area contributed by atoms with Crippen LogP contribution in [0.2, 0.25) is 0 Å². The van der Waals surface area contributed by atoms with E-state index in [2.05, 4.69) is 40.8 Å². The van der Waals surface area contributed by atoms with Gasteiger partial charge in [0.2, 0.25) is 0 Å². The molecule has 1 aromatic carbocycles. The van der Waals surface area contributed by atoms with Gasteiger partial charge in [-0.25, -0.2) is 0 Å². The Morgan fingerprint density at radius 3 is 2.05 bits per heavy atom. The molecule has 20 heavy (non-hydrogen) atoms. The molecule has 0 radical (unpaired) electrons. The number of hydrogen-bond donors (Lipinski definition) is 2. The Bertz CT molecular complexity index is 376. The summed E-state index contributed by atoms with van der Waals surface area (Å²) in [6, 6.07) is 6.41. The molecule has 0 saturated heterocycles. The molecule has 0 aliphatic carbocycles. The van der Waals surface area contributed by atoms with Crippen LogP contribution in [0.5, 0.6) is 5.75 Å². The highest BCUT2D eigenvalue weighted by molar-refractivity contribution is 5.41. The van der Waals surface area contributed by atoms with Crippen LogP contribution in [0.25, 0.3) is 0 Å². The number of nitrogens with one attached hydrogen (secondary N) is 2. The van der Waals surface area contributed by atoms with Gasteiger partial charge in [-0.2, -0.15) is 0 Å². The molecule has 0 aromatic heterocycles. The zero-order valence-electron chi connectivity index (χ0n) is 12.7. The summed E-state index contributed by atoms with van der Waals surface area (Å²) < 4.78 is 5.61. The first-order valence-corrected chi connectivity index (χ1v) is 7.56. The third kappa shape index (κ3) is 4.47. The first-order chi connectivity index (χ1) is 9.81. The van der Waals surface area contributed by atoms with Gasteiger partial charge in [0.05, 0.1) is 7.11 Å². The second kappa shape index (κ2) is 8.25. The lowest BCUT2D eigenvalue weighted by molar-refractivity contribution is 0.318. The minimum absolute atomic E-state index is 0.876. The minimum atomic E-state index is 0.876. The summed E-state index contributed by atoms with van der Waals surface area (Å²) in [5.74, 6) is 1.03. The standard InChI is InChI=1S/C16H27N3O/c1-19-10-4-8-17-12-14-6-3-7-15(16(14)20-2)13-18-9-5-11-19/h3,6-7,17-18H,4-5,8-13H2,1-2H3. The Balaban J connectivity index is 2.06. The van der Waals surface area contributed by atoms with Crippen LogP contribution in [-0.2, 0) is 13.1 Å². The van der Waals surface area contributed by atoms with Crippen molar-refractivity contribution in [2.24, 2.45) is 0 Å². The van der Waals surface area contributed by atoms with Crippen LogP contribution in [0.3, 0.4) is 0 Å². The van der Waals surface area contributed by atoms with E-state index in [0.717, 1.165) is 45.0 Å². The summed E-state index contributed by atoms with van der Waals surface area (Å²) in [5, 5.41) is 7.03. The van der Waals surface area contributed by atoms with Crippen LogP contribution < -0.4 is 15.4 Å². The Morgan fingerprint density at radius 1 is 1.00 bits per heavy atom. The highest BCUT2D eigenvalue weighted by Crippen LogP contribution is 2.23. The van der Waals surface area contributed by atoms with E-state index >= 15 is 0 Å². The second-order valence-electron chi connectivity index (χ2n) is 5.47. The van der Waals surface area contributed by atoms with Crippen LogP contribution >= 0.6 is 0 Å². The predicted octanol–water partition coefficient (Wildman–Crippen LogP) is 1.60. The molecule has 0 atom stereocenters. The molecule has 0 unspecified atom stereocenters. The molecule has 0 fully saturated rings. The van der Waals surface area contributed by atoms with E-state index in [1.807, 2.05) is 0 Å². The number of ether oxygens (including phenoxy) is 1. The molecule has 4 nitrogen and oxygen atoms in total. The Labute approximate surface area is 122 Å². The molecule has 1 heterocycles. The zero-order chi connectivity index (χ0) is 14.2. The molecule has 2 bridgehead atoms. The van der Waals surface area contributed by atoms with Crippen LogP contribution in [0.4, 0.5) is 0 Å². The van der Waals surface area contributed by atoms with Gasteiger partial charge in [-0.05, 0) is 46.1 Å². The molecule has 2 N–H and O–H groups in total. The van der Waals surface area contributed by atoms with Crippen LogP contribution in [-0.4, -0.2) is 45.2 Å². The van der Waals surface area contributed by atoms with Gasteiger partial charge < -0.3 is 20.3 Å². The molecule has 2 rings (SSSR count). The largest absolute Gasteiger partial charge is 0.496 e. The van der Waals surface area contributed by atoms with E-state index < -0.39 is 0 Å². The molecule has 1 aliphatic heterocycles. The van der Waals surface area contributed by atoms with Gasteiger partial charge in [0.25, 0.3) is 0 Å². The average molecular weight is 277 g/mol. The highest BCUT2D eigenvalue weighted by Gasteiger charge is 2.09. The molecule has 4 heteroatoms. The van der Waals surface area contributed by atoms with Crippen molar-refractivity contribution in [2.45, 2.75) is 25.9 Å². The van der Waals surface area contributed by atoms with Crippen molar-refractivity contribution >= 4 is 0 Å². The fourth-order valence-electron chi connectivity index (χ4n) is 2.68. The smallest absolute Gasteiger partial charge is 0.127 e. The van der Waals surface area contributed by atoms with Crippen LogP contribution in [0, 0.1) is 0 Å². The lowest BCUT2D eigenvalue weighted by Gasteiger charge is -2.19. The van der Waals surface area contributed by atoms with Crippen molar-refractivity contribution < 1.29 is 4.74 Å². The van der Waals surface area contributed by atoms with E-state index in [4.69, 9.17) is 4.74 Å². The van der Waals surface area contributed by atoms with Gasteiger partial charge in [-0.15, -0.1) is 0 Å². The van der Waals surface area contributed by atoms with Gasteiger partial charge in [0, 0.05) is 24.2 Å². The van der Waals surface area contributed by atoms with Gasteiger partial charge in [-0.1, -0.05) is 18.2 Å². The first kappa shape index (κ1) is 15.3. The minimum Gasteiger partial charge on any atom is -0.496 e. The van der Waals surface area contributed by atoms with Crippen molar-refractivity contribution in [1.29, 1.82) is 0 Å². The third-order valence-electron chi connectivity index (χ3n) is 3.80. The fourth-order valence-corrected chi connectivity index (χ4v) is 2.68. The Kier molecular flexibility index (Phi) is 6.30. The molecular weight excluding hydrogens is 250 g/mol. The first-order valence-electron chi connectivity index (χ1n) is 7.56. The van der Waals surface area contributed by atoms with Gasteiger partial charge >= 0.3 is 0 Å². The third-order valence-corrected chi connectivity index (χ3v) is 3.80. The summed E-state index contributed by atoms with van der Waals surface area (Å²) in [5.41, 5.74) is 2.49. The number of hydrogen-bond acceptors (Lipinski definition) is 4. The molecule has 0 amide bonds. The SMILES string of the molecule is COc1c2cccc1CNCCCN(C)CCCNC2. The fraction of sp³-hybridized carbons (Fsp3) is 0.625. The summed E-state index contributed by atoms with van der Waals surface area (Å²) in [7, 11) is 3.97. The van der Waals surface area contributed by atoms with Gasteiger partial charge in [-0.3, -0.25) is 0 Å². The Morgan fingerprint density at radius 2 is 1.55 bits per heavy atom. The highest BCUT2D eigenvalue weighted by atomic mass is 16.5. The number of methoxy groups -OCH3 is 1.